The van der Waals surface area contributed by atoms with Gasteiger partial charge in [0.05, 0.1) is 12.0 Å². The number of rotatable bonds is 7. The molecular formula is C12H21N3O2. The third-order valence-corrected chi connectivity index (χ3v) is 2.61. The molecule has 1 amide bonds. The summed E-state index contributed by atoms with van der Waals surface area (Å²) in [6.07, 6.45) is 5.64. The number of aromatic amines is 1. The zero-order valence-corrected chi connectivity index (χ0v) is 10.7. The van der Waals surface area contributed by atoms with Crippen LogP contribution in [-0.4, -0.2) is 35.1 Å². The van der Waals surface area contributed by atoms with E-state index >= 15 is 0 Å². The van der Waals surface area contributed by atoms with Crippen molar-refractivity contribution in [3.8, 4) is 0 Å². The Hall–Kier alpha value is -1.36. The predicted octanol–water partition coefficient (Wildman–Crippen LogP) is 1.27. The number of carbonyl (C=O) groups excluding carboxylic acids is 1. The van der Waals surface area contributed by atoms with E-state index in [9.17, 15) is 4.79 Å². The van der Waals surface area contributed by atoms with Gasteiger partial charge in [-0.3, -0.25) is 4.79 Å². The van der Waals surface area contributed by atoms with E-state index in [0.29, 0.717) is 13.0 Å². The molecule has 0 unspecified atom stereocenters. The number of methoxy groups -OCH3 is 1. The van der Waals surface area contributed by atoms with Crippen molar-refractivity contribution in [3.63, 3.8) is 0 Å². The largest absolute Gasteiger partial charge is 0.378 e. The van der Waals surface area contributed by atoms with E-state index < -0.39 is 5.60 Å². The number of imidazole rings is 1. The third kappa shape index (κ3) is 5.49. The normalized spacial score (nSPS) is 11.5. The number of carbonyl (C=O) groups is 1. The van der Waals surface area contributed by atoms with E-state index in [0.717, 1.165) is 18.7 Å². The number of hydrogen-bond acceptors (Lipinski definition) is 3. The number of nitrogens with one attached hydrogen (secondary N) is 2. The van der Waals surface area contributed by atoms with Crippen LogP contribution >= 0.6 is 0 Å². The summed E-state index contributed by atoms with van der Waals surface area (Å²) in [5.74, 6) is 0.979. The van der Waals surface area contributed by atoms with E-state index in [2.05, 4.69) is 15.3 Å². The fraction of sp³-hybridized carbons (Fsp3) is 0.667. The van der Waals surface area contributed by atoms with Crippen molar-refractivity contribution in [2.75, 3.05) is 13.7 Å². The summed E-state index contributed by atoms with van der Waals surface area (Å²) >= 11 is 0. The lowest BCUT2D eigenvalue weighted by Crippen LogP contribution is -2.34. The highest BCUT2D eigenvalue weighted by Crippen LogP contribution is 2.12. The number of amides is 1. The Bertz CT molecular complexity index is 334. The van der Waals surface area contributed by atoms with Crippen LogP contribution < -0.4 is 5.32 Å². The lowest BCUT2D eigenvalue weighted by molar-refractivity contribution is -0.126. The highest BCUT2D eigenvalue weighted by Gasteiger charge is 2.20. The summed E-state index contributed by atoms with van der Waals surface area (Å²) in [4.78, 5) is 18.7. The molecule has 5 nitrogen and oxygen atoms in total. The quantitative estimate of drug-likeness (QED) is 0.704. The fourth-order valence-corrected chi connectivity index (χ4v) is 1.44. The molecule has 0 fully saturated rings. The molecule has 1 aromatic rings. The molecule has 0 saturated heterocycles. The molecule has 0 spiro atoms. The molecule has 17 heavy (non-hydrogen) atoms. The van der Waals surface area contributed by atoms with Gasteiger partial charge in [-0.25, -0.2) is 4.98 Å². The first-order valence-electron chi connectivity index (χ1n) is 5.83. The Balaban J connectivity index is 2.12. The predicted molar refractivity (Wildman–Crippen MR) is 65.6 cm³/mol. The lowest BCUT2D eigenvalue weighted by atomic mass is 10.1. The van der Waals surface area contributed by atoms with Crippen LogP contribution in [0.15, 0.2) is 12.4 Å². The molecule has 2 N–H and O–H groups in total. The number of ether oxygens (including phenoxy) is 1. The molecule has 0 aliphatic rings. The first-order chi connectivity index (χ1) is 8.03. The highest BCUT2D eigenvalue weighted by atomic mass is 16.5. The van der Waals surface area contributed by atoms with Gasteiger partial charge in [0, 0.05) is 32.5 Å². The van der Waals surface area contributed by atoms with Gasteiger partial charge in [0.2, 0.25) is 5.91 Å². The van der Waals surface area contributed by atoms with Gasteiger partial charge < -0.3 is 15.0 Å². The molecule has 96 valence electrons. The minimum atomic E-state index is -0.398. The van der Waals surface area contributed by atoms with E-state index in [-0.39, 0.29) is 5.91 Å². The van der Waals surface area contributed by atoms with Crippen LogP contribution in [0.25, 0.3) is 0 Å². The van der Waals surface area contributed by atoms with Crippen LogP contribution in [-0.2, 0) is 16.0 Å². The van der Waals surface area contributed by atoms with Crippen molar-refractivity contribution >= 4 is 5.91 Å². The molecule has 0 aromatic carbocycles. The summed E-state index contributed by atoms with van der Waals surface area (Å²) in [5.41, 5.74) is -0.398. The van der Waals surface area contributed by atoms with E-state index in [4.69, 9.17) is 4.74 Å². The van der Waals surface area contributed by atoms with Crippen molar-refractivity contribution in [2.24, 2.45) is 0 Å². The molecular weight excluding hydrogens is 218 g/mol. The molecule has 0 aliphatic heterocycles. The molecule has 0 aliphatic carbocycles. The second kappa shape index (κ2) is 6.39. The summed E-state index contributed by atoms with van der Waals surface area (Å²) in [6.45, 7) is 4.46. The van der Waals surface area contributed by atoms with Crippen molar-refractivity contribution in [1.82, 2.24) is 15.3 Å². The summed E-state index contributed by atoms with van der Waals surface area (Å²) < 4.78 is 5.20. The maximum absolute atomic E-state index is 11.6. The minimum Gasteiger partial charge on any atom is -0.378 e. The molecule has 0 saturated carbocycles. The number of aromatic nitrogens is 2. The third-order valence-electron chi connectivity index (χ3n) is 2.61. The highest BCUT2D eigenvalue weighted by molar-refractivity contribution is 5.76. The van der Waals surface area contributed by atoms with Crippen LogP contribution in [0.4, 0.5) is 0 Å². The fourth-order valence-electron chi connectivity index (χ4n) is 1.44. The number of H-pyrrole nitrogens is 1. The molecule has 1 heterocycles. The molecule has 0 radical (unpaired) electrons. The lowest BCUT2D eigenvalue weighted by Gasteiger charge is -2.21. The van der Waals surface area contributed by atoms with Gasteiger partial charge in [0.15, 0.2) is 0 Å². The Labute approximate surface area is 102 Å². The van der Waals surface area contributed by atoms with Crippen molar-refractivity contribution in [1.29, 1.82) is 0 Å². The zero-order chi connectivity index (χ0) is 12.7. The molecule has 1 aromatic heterocycles. The van der Waals surface area contributed by atoms with E-state index in [1.807, 2.05) is 13.8 Å². The van der Waals surface area contributed by atoms with Gasteiger partial charge in [0.1, 0.15) is 5.82 Å². The molecule has 0 atom stereocenters. The topological polar surface area (TPSA) is 67.0 Å². The number of nitrogens with zero attached hydrogens (tertiary/aromatic N) is 1. The van der Waals surface area contributed by atoms with Gasteiger partial charge in [-0.15, -0.1) is 0 Å². The summed E-state index contributed by atoms with van der Waals surface area (Å²) in [5, 5.41) is 2.87. The van der Waals surface area contributed by atoms with Gasteiger partial charge in [-0.05, 0) is 20.3 Å². The summed E-state index contributed by atoms with van der Waals surface area (Å²) in [6, 6.07) is 0. The molecule has 0 bridgehead atoms. The maximum atomic E-state index is 11.6. The van der Waals surface area contributed by atoms with Crippen LogP contribution in [0, 0.1) is 0 Å². The van der Waals surface area contributed by atoms with Crippen LogP contribution in [0.3, 0.4) is 0 Å². The Morgan fingerprint density at radius 2 is 2.35 bits per heavy atom. The standard InChI is InChI=1S/C12H21N3O2/c1-12(2,17-3)9-11(16)15-6-4-5-10-13-7-8-14-10/h7-8H,4-6,9H2,1-3H3,(H,13,14)(H,15,16). The Morgan fingerprint density at radius 3 is 2.94 bits per heavy atom. The molecule has 5 heteroatoms. The molecule has 1 rings (SSSR count). The summed E-state index contributed by atoms with van der Waals surface area (Å²) in [7, 11) is 1.62. The van der Waals surface area contributed by atoms with E-state index in [1.54, 1.807) is 19.5 Å². The minimum absolute atomic E-state index is 0.0243. The maximum Gasteiger partial charge on any atom is 0.222 e. The van der Waals surface area contributed by atoms with Crippen LogP contribution in [0.2, 0.25) is 0 Å². The van der Waals surface area contributed by atoms with Gasteiger partial charge in [0.25, 0.3) is 0 Å². The first kappa shape index (κ1) is 13.7. The monoisotopic (exact) mass is 239 g/mol. The van der Waals surface area contributed by atoms with Gasteiger partial charge in [-0.2, -0.15) is 0 Å². The van der Waals surface area contributed by atoms with Crippen molar-refractivity contribution in [3.05, 3.63) is 18.2 Å². The smallest absolute Gasteiger partial charge is 0.222 e. The van der Waals surface area contributed by atoms with Crippen LogP contribution in [0.5, 0.6) is 0 Å². The second-order valence-corrected chi connectivity index (χ2v) is 4.63. The number of hydrogen-bond donors (Lipinski definition) is 2. The van der Waals surface area contributed by atoms with Gasteiger partial charge >= 0.3 is 0 Å². The Morgan fingerprint density at radius 1 is 1.59 bits per heavy atom. The van der Waals surface area contributed by atoms with E-state index in [1.165, 1.54) is 0 Å². The van der Waals surface area contributed by atoms with Gasteiger partial charge in [-0.1, -0.05) is 0 Å². The van der Waals surface area contributed by atoms with Crippen LogP contribution in [0.1, 0.15) is 32.5 Å². The average molecular weight is 239 g/mol. The SMILES string of the molecule is COC(C)(C)CC(=O)NCCCc1ncc[nH]1. The average Bonchev–Trinajstić information content (AvgIpc) is 2.77. The zero-order valence-electron chi connectivity index (χ0n) is 10.7. The second-order valence-electron chi connectivity index (χ2n) is 4.63. The van der Waals surface area contributed by atoms with Crippen molar-refractivity contribution < 1.29 is 9.53 Å². The number of aryl methyl sites for hydroxylation is 1. The van der Waals surface area contributed by atoms with Crippen molar-refractivity contribution in [2.45, 2.75) is 38.7 Å². The Kier molecular flexibility index (Phi) is 5.15. The first-order valence-corrected chi connectivity index (χ1v) is 5.83.